The van der Waals surface area contributed by atoms with Crippen molar-refractivity contribution in [3.8, 4) is 17.1 Å². The Morgan fingerprint density at radius 1 is 1.28 bits per heavy atom. The van der Waals surface area contributed by atoms with Crippen molar-refractivity contribution < 1.29 is 23.4 Å². The second-order valence-corrected chi connectivity index (χ2v) is 6.77. The molecule has 1 aliphatic carbocycles. The molecule has 1 amide bonds. The van der Waals surface area contributed by atoms with E-state index in [2.05, 4.69) is 10.5 Å². The lowest BCUT2D eigenvalue weighted by molar-refractivity contribution is -0.387. The molecule has 1 aromatic heterocycles. The Labute approximate surface area is 164 Å². The SMILES string of the molecule is COc1cccc(-c2cc(C3(C(=O)Nc4ccc(F)c([N+](=O)[O-])c4)CC3)no2)c1. The van der Waals surface area contributed by atoms with E-state index in [0.717, 1.165) is 17.7 Å². The normalized spacial score (nSPS) is 14.3. The van der Waals surface area contributed by atoms with E-state index in [9.17, 15) is 19.3 Å². The van der Waals surface area contributed by atoms with Gasteiger partial charge in [-0.3, -0.25) is 14.9 Å². The van der Waals surface area contributed by atoms with Crippen LogP contribution in [0.3, 0.4) is 0 Å². The van der Waals surface area contributed by atoms with E-state index in [1.807, 2.05) is 12.1 Å². The lowest BCUT2D eigenvalue weighted by Crippen LogP contribution is -2.28. The highest BCUT2D eigenvalue weighted by atomic mass is 19.1. The van der Waals surface area contributed by atoms with Gasteiger partial charge >= 0.3 is 5.69 Å². The third-order valence-corrected chi connectivity index (χ3v) is 4.94. The van der Waals surface area contributed by atoms with Crippen LogP contribution in [0.25, 0.3) is 11.3 Å². The summed E-state index contributed by atoms with van der Waals surface area (Å²) in [5.74, 6) is -0.176. The van der Waals surface area contributed by atoms with Crippen LogP contribution < -0.4 is 10.1 Å². The fourth-order valence-electron chi connectivity index (χ4n) is 3.12. The quantitative estimate of drug-likeness (QED) is 0.496. The molecule has 0 bridgehead atoms. The summed E-state index contributed by atoms with van der Waals surface area (Å²) in [7, 11) is 1.56. The summed E-state index contributed by atoms with van der Waals surface area (Å²) in [5, 5.41) is 17.6. The highest BCUT2D eigenvalue weighted by molar-refractivity contribution is 6.01. The van der Waals surface area contributed by atoms with E-state index in [1.165, 1.54) is 6.07 Å². The molecule has 0 aliphatic heterocycles. The molecule has 1 fully saturated rings. The van der Waals surface area contributed by atoms with Gasteiger partial charge in [0.1, 0.15) is 5.75 Å². The number of anilines is 1. The molecule has 2 aromatic carbocycles. The summed E-state index contributed by atoms with van der Waals surface area (Å²) in [6.45, 7) is 0. The third-order valence-electron chi connectivity index (χ3n) is 4.94. The van der Waals surface area contributed by atoms with Gasteiger partial charge in [0, 0.05) is 23.4 Å². The Balaban J connectivity index is 1.56. The predicted octanol–water partition coefficient (Wildman–Crippen LogP) is 4.07. The van der Waals surface area contributed by atoms with Crippen molar-refractivity contribution in [3.63, 3.8) is 0 Å². The second-order valence-electron chi connectivity index (χ2n) is 6.77. The van der Waals surface area contributed by atoms with E-state index < -0.39 is 21.8 Å². The summed E-state index contributed by atoms with van der Waals surface area (Å²) in [5.41, 5.74) is -0.192. The molecule has 8 nitrogen and oxygen atoms in total. The van der Waals surface area contributed by atoms with Crippen LogP contribution in [0.2, 0.25) is 0 Å². The minimum atomic E-state index is -0.964. The number of halogens is 1. The van der Waals surface area contributed by atoms with Crippen molar-refractivity contribution in [2.24, 2.45) is 0 Å². The van der Waals surface area contributed by atoms with Crippen LogP contribution in [-0.2, 0) is 10.2 Å². The zero-order valence-electron chi connectivity index (χ0n) is 15.3. The van der Waals surface area contributed by atoms with E-state index in [4.69, 9.17) is 9.26 Å². The molecule has 0 saturated heterocycles. The van der Waals surface area contributed by atoms with Crippen LogP contribution in [-0.4, -0.2) is 23.1 Å². The number of rotatable bonds is 6. The number of nitro groups is 1. The minimum Gasteiger partial charge on any atom is -0.497 e. The number of nitrogens with zero attached hydrogens (tertiary/aromatic N) is 2. The first-order valence-electron chi connectivity index (χ1n) is 8.80. The first-order chi connectivity index (χ1) is 13.9. The van der Waals surface area contributed by atoms with Gasteiger partial charge in [-0.15, -0.1) is 0 Å². The highest BCUT2D eigenvalue weighted by Gasteiger charge is 2.54. The summed E-state index contributed by atoms with van der Waals surface area (Å²) in [4.78, 5) is 22.9. The fourth-order valence-corrected chi connectivity index (χ4v) is 3.12. The number of nitrogens with one attached hydrogen (secondary N) is 1. The molecular formula is C20H16FN3O5. The van der Waals surface area contributed by atoms with Gasteiger partial charge in [0.15, 0.2) is 5.76 Å². The smallest absolute Gasteiger partial charge is 0.306 e. The van der Waals surface area contributed by atoms with Crippen molar-refractivity contribution in [1.29, 1.82) is 0 Å². The molecule has 0 spiro atoms. The zero-order valence-corrected chi connectivity index (χ0v) is 15.3. The molecule has 0 atom stereocenters. The number of carbonyl (C=O) groups is 1. The van der Waals surface area contributed by atoms with Crippen LogP contribution in [0.1, 0.15) is 18.5 Å². The number of nitro benzene ring substituents is 1. The van der Waals surface area contributed by atoms with Crippen molar-refractivity contribution in [3.05, 3.63) is 70.2 Å². The monoisotopic (exact) mass is 397 g/mol. The first kappa shape index (κ1) is 18.6. The number of amides is 1. The molecule has 4 rings (SSSR count). The standard InChI is InChI=1S/C20H16FN3O5/c1-28-14-4-2-3-12(9-14)17-11-18(23-29-17)20(7-8-20)19(25)22-13-5-6-15(21)16(10-13)24(26)27/h2-6,9-11H,7-8H2,1H3,(H,22,25). The molecule has 1 aliphatic rings. The molecular weight excluding hydrogens is 381 g/mol. The van der Waals surface area contributed by atoms with E-state index >= 15 is 0 Å². The van der Waals surface area contributed by atoms with Crippen LogP contribution in [0.15, 0.2) is 53.1 Å². The summed E-state index contributed by atoms with van der Waals surface area (Å²) in [6, 6.07) is 12.2. The number of carbonyl (C=O) groups excluding carboxylic acids is 1. The minimum absolute atomic E-state index is 0.144. The number of aromatic nitrogens is 1. The average molecular weight is 397 g/mol. The summed E-state index contributed by atoms with van der Waals surface area (Å²) >= 11 is 0. The van der Waals surface area contributed by atoms with Crippen LogP contribution >= 0.6 is 0 Å². The number of hydrogen-bond acceptors (Lipinski definition) is 6. The predicted molar refractivity (Wildman–Crippen MR) is 101 cm³/mol. The van der Waals surface area contributed by atoms with E-state index in [1.54, 1.807) is 25.3 Å². The van der Waals surface area contributed by atoms with Crippen molar-refractivity contribution in [1.82, 2.24) is 5.16 Å². The molecule has 0 radical (unpaired) electrons. The lowest BCUT2D eigenvalue weighted by Gasteiger charge is -2.12. The number of ether oxygens (including phenoxy) is 1. The Kier molecular flexibility index (Phi) is 4.50. The highest BCUT2D eigenvalue weighted by Crippen LogP contribution is 2.49. The number of methoxy groups -OCH3 is 1. The Morgan fingerprint density at radius 3 is 2.76 bits per heavy atom. The molecule has 29 heavy (non-hydrogen) atoms. The van der Waals surface area contributed by atoms with Gasteiger partial charge in [-0.25, -0.2) is 0 Å². The molecule has 1 saturated carbocycles. The fraction of sp³-hybridized carbons (Fsp3) is 0.200. The van der Waals surface area contributed by atoms with Gasteiger partial charge in [-0.2, -0.15) is 4.39 Å². The van der Waals surface area contributed by atoms with Gasteiger partial charge in [0.25, 0.3) is 0 Å². The lowest BCUT2D eigenvalue weighted by atomic mass is 10.00. The third kappa shape index (κ3) is 3.42. The molecule has 148 valence electrons. The van der Waals surface area contributed by atoms with Crippen LogP contribution in [0, 0.1) is 15.9 Å². The second kappa shape index (κ2) is 7.01. The maximum Gasteiger partial charge on any atom is 0.306 e. The molecule has 9 heteroatoms. The maximum absolute atomic E-state index is 13.5. The maximum atomic E-state index is 13.5. The van der Waals surface area contributed by atoms with E-state index in [-0.39, 0.29) is 11.6 Å². The van der Waals surface area contributed by atoms with Crippen LogP contribution in [0.4, 0.5) is 15.8 Å². The molecule has 3 aromatic rings. The molecule has 0 unspecified atom stereocenters. The Hall–Kier alpha value is -3.75. The Morgan fingerprint density at radius 2 is 2.07 bits per heavy atom. The summed E-state index contributed by atoms with van der Waals surface area (Å²) < 4.78 is 24.1. The molecule has 1 heterocycles. The number of hydrogen-bond donors (Lipinski definition) is 1. The largest absolute Gasteiger partial charge is 0.497 e. The first-order valence-corrected chi connectivity index (χ1v) is 8.80. The van der Waals surface area contributed by atoms with Gasteiger partial charge in [-0.05, 0) is 37.1 Å². The zero-order chi connectivity index (χ0) is 20.6. The van der Waals surface area contributed by atoms with Gasteiger partial charge in [-0.1, -0.05) is 17.3 Å². The molecule has 1 N–H and O–H groups in total. The van der Waals surface area contributed by atoms with Gasteiger partial charge < -0.3 is 14.6 Å². The van der Waals surface area contributed by atoms with Gasteiger partial charge in [0.05, 0.1) is 23.1 Å². The summed E-state index contributed by atoms with van der Waals surface area (Å²) in [6.07, 6.45) is 1.12. The van der Waals surface area contributed by atoms with Crippen molar-refractivity contribution in [2.45, 2.75) is 18.3 Å². The van der Waals surface area contributed by atoms with Gasteiger partial charge in [0.2, 0.25) is 11.7 Å². The van der Waals surface area contributed by atoms with Crippen molar-refractivity contribution >= 4 is 17.3 Å². The Bertz CT molecular complexity index is 1110. The number of benzene rings is 2. The average Bonchev–Trinajstić information content (AvgIpc) is 3.39. The van der Waals surface area contributed by atoms with E-state index in [0.29, 0.717) is 30.0 Å². The van der Waals surface area contributed by atoms with Crippen LogP contribution in [0.5, 0.6) is 5.75 Å². The van der Waals surface area contributed by atoms with Crippen molar-refractivity contribution in [2.75, 3.05) is 12.4 Å². The topological polar surface area (TPSA) is 108 Å².